The van der Waals surface area contributed by atoms with Crippen LogP contribution in [0.25, 0.3) is 0 Å². The average molecular weight is 156 g/mol. The predicted molar refractivity (Wildman–Crippen MR) is 40.9 cm³/mol. The minimum absolute atomic E-state index is 0.203. The molecule has 0 unspecified atom stereocenters. The van der Waals surface area contributed by atoms with E-state index in [2.05, 4.69) is 11.8 Å². The quantitative estimate of drug-likeness (QED) is 0.333. The molecule has 0 rings (SSSR count). The average Bonchev–Trinajstić information content (AvgIpc) is 2.00. The summed E-state index contributed by atoms with van der Waals surface area (Å²) < 4.78 is 9.78. The van der Waals surface area contributed by atoms with Crippen LogP contribution < -0.4 is 0 Å². The van der Waals surface area contributed by atoms with Crippen molar-refractivity contribution in [2.24, 2.45) is 0 Å². The number of ketones is 1. The van der Waals surface area contributed by atoms with Crippen LogP contribution in [-0.4, -0.2) is 25.8 Å². The van der Waals surface area contributed by atoms with Gasteiger partial charge in [-0.1, -0.05) is 0 Å². The van der Waals surface area contributed by atoms with Gasteiger partial charge in [-0.05, 0) is 11.8 Å². The van der Waals surface area contributed by atoms with Crippen LogP contribution in [0.5, 0.6) is 0 Å². The number of methoxy groups -OCH3 is 2. The monoisotopic (exact) mass is 156 g/mol. The minimum atomic E-state index is -0.967. The lowest BCUT2D eigenvalue weighted by Gasteiger charge is -2.18. The number of rotatable bonds is 2. The molecule has 0 aromatic carbocycles. The van der Waals surface area contributed by atoms with Crippen molar-refractivity contribution in [3.05, 3.63) is 0 Å². The van der Waals surface area contributed by atoms with Gasteiger partial charge in [0, 0.05) is 28.1 Å². The predicted octanol–water partition coefficient (Wildman–Crippen LogP) is 0.588. The molecule has 0 heterocycles. The van der Waals surface area contributed by atoms with Crippen LogP contribution in [0.2, 0.25) is 0 Å². The third-order valence-electron chi connectivity index (χ3n) is 1.24. The SMILES string of the molecule is COC(C)(C#CC(C)=O)OC. The lowest BCUT2D eigenvalue weighted by molar-refractivity contribution is -0.148. The van der Waals surface area contributed by atoms with Gasteiger partial charge in [-0.15, -0.1) is 0 Å². The number of carbonyl (C=O) groups is 1. The van der Waals surface area contributed by atoms with Crippen molar-refractivity contribution in [3.8, 4) is 11.8 Å². The highest BCUT2D eigenvalue weighted by atomic mass is 16.7. The summed E-state index contributed by atoms with van der Waals surface area (Å²) >= 11 is 0. The van der Waals surface area contributed by atoms with E-state index in [9.17, 15) is 4.79 Å². The van der Waals surface area contributed by atoms with E-state index in [1.54, 1.807) is 6.92 Å². The molecule has 0 bridgehead atoms. The van der Waals surface area contributed by atoms with Gasteiger partial charge in [-0.25, -0.2) is 0 Å². The van der Waals surface area contributed by atoms with Crippen molar-refractivity contribution in [2.45, 2.75) is 19.6 Å². The largest absolute Gasteiger partial charge is 0.343 e. The van der Waals surface area contributed by atoms with E-state index in [1.165, 1.54) is 21.1 Å². The van der Waals surface area contributed by atoms with Crippen LogP contribution in [0.4, 0.5) is 0 Å². The Morgan fingerprint density at radius 3 is 2.09 bits per heavy atom. The first-order valence-corrected chi connectivity index (χ1v) is 3.18. The molecule has 0 atom stereocenters. The molecule has 62 valence electrons. The fraction of sp³-hybridized carbons (Fsp3) is 0.625. The summed E-state index contributed by atoms with van der Waals surface area (Å²) in [5.74, 6) is 3.73. The molecule has 0 aliphatic heterocycles. The summed E-state index contributed by atoms with van der Waals surface area (Å²) in [5.41, 5.74) is 0. The molecule has 0 fully saturated rings. The van der Waals surface area contributed by atoms with E-state index in [4.69, 9.17) is 9.47 Å². The number of Topliss-reactive ketones (excluding diaryl/α,β-unsaturated/α-hetero) is 1. The Morgan fingerprint density at radius 1 is 1.36 bits per heavy atom. The van der Waals surface area contributed by atoms with Gasteiger partial charge in [-0.3, -0.25) is 4.79 Å². The molecule has 0 aliphatic carbocycles. The van der Waals surface area contributed by atoms with Gasteiger partial charge in [0.1, 0.15) is 0 Å². The normalized spacial score (nSPS) is 10.2. The van der Waals surface area contributed by atoms with Crippen molar-refractivity contribution < 1.29 is 14.3 Å². The highest BCUT2D eigenvalue weighted by Gasteiger charge is 2.18. The van der Waals surface area contributed by atoms with E-state index >= 15 is 0 Å². The Hall–Kier alpha value is -0.850. The molecule has 3 nitrogen and oxygen atoms in total. The van der Waals surface area contributed by atoms with Gasteiger partial charge in [0.2, 0.25) is 11.6 Å². The maximum absolute atomic E-state index is 10.4. The molecule has 0 aromatic rings. The van der Waals surface area contributed by atoms with E-state index in [-0.39, 0.29) is 5.78 Å². The summed E-state index contributed by atoms with van der Waals surface area (Å²) in [4.78, 5) is 10.4. The molecule has 0 radical (unpaired) electrons. The third-order valence-corrected chi connectivity index (χ3v) is 1.24. The third kappa shape index (κ3) is 3.76. The molecular weight excluding hydrogens is 144 g/mol. The fourth-order valence-corrected chi connectivity index (χ4v) is 0.387. The summed E-state index contributed by atoms with van der Waals surface area (Å²) in [7, 11) is 2.94. The first-order valence-electron chi connectivity index (χ1n) is 3.18. The number of hydrogen-bond acceptors (Lipinski definition) is 3. The fourth-order valence-electron chi connectivity index (χ4n) is 0.387. The van der Waals surface area contributed by atoms with E-state index < -0.39 is 5.79 Å². The Bertz CT molecular complexity index is 193. The maximum atomic E-state index is 10.4. The minimum Gasteiger partial charge on any atom is -0.343 e. The molecule has 0 spiro atoms. The number of hydrogen-bond donors (Lipinski definition) is 0. The van der Waals surface area contributed by atoms with Crippen molar-refractivity contribution >= 4 is 5.78 Å². The molecular formula is C8H12O3. The second kappa shape index (κ2) is 4.12. The Morgan fingerprint density at radius 2 is 1.82 bits per heavy atom. The van der Waals surface area contributed by atoms with Crippen molar-refractivity contribution in [3.63, 3.8) is 0 Å². The molecule has 0 aliphatic rings. The summed E-state index contributed by atoms with van der Waals surface area (Å²) in [6, 6.07) is 0. The summed E-state index contributed by atoms with van der Waals surface area (Å²) in [6.45, 7) is 3.03. The second-order valence-electron chi connectivity index (χ2n) is 2.16. The first-order chi connectivity index (χ1) is 5.04. The van der Waals surface area contributed by atoms with Crippen LogP contribution in [0.3, 0.4) is 0 Å². The standard InChI is InChI=1S/C8H12O3/c1-7(9)5-6-8(2,10-3)11-4/h1-4H3. The molecule has 3 heteroatoms. The van der Waals surface area contributed by atoms with Crippen molar-refractivity contribution in [1.82, 2.24) is 0 Å². The summed E-state index contributed by atoms with van der Waals surface area (Å²) in [5, 5.41) is 0. The number of carbonyl (C=O) groups excluding carboxylic acids is 1. The molecule has 0 saturated carbocycles. The maximum Gasteiger partial charge on any atom is 0.230 e. The van der Waals surface area contributed by atoms with Crippen LogP contribution >= 0.6 is 0 Å². The van der Waals surface area contributed by atoms with Gasteiger partial charge >= 0.3 is 0 Å². The van der Waals surface area contributed by atoms with E-state index in [0.29, 0.717) is 0 Å². The van der Waals surface area contributed by atoms with Crippen molar-refractivity contribution in [1.29, 1.82) is 0 Å². The van der Waals surface area contributed by atoms with Gasteiger partial charge in [0.15, 0.2) is 0 Å². The lowest BCUT2D eigenvalue weighted by atomic mass is 10.3. The first kappa shape index (κ1) is 10.2. The van der Waals surface area contributed by atoms with Crippen LogP contribution in [0.15, 0.2) is 0 Å². The molecule has 0 amide bonds. The van der Waals surface area contributed by atoms with Crippen molar-refractivity contribution in [2.75, 3.05) is 14.2 Å². The highest BCUT2D eigenvalue weighted by Crippen LogP contribution is 2.06. The zero-order valence-electron chi connectivity index (χ0n) is 7.22. The highest BCUT2D eigenvalue weighted by molar-refractivity contribution is 5.93. The molecule has 0 aromatic heterocycles. The Balaban J connectivity index is 4.33. The van der Waals surface area contributed by atoms with Crippen LogP contribution in [0.1, 0.15) is 13.8 Å². The number of ether oxygens (including phenoxy) is 2. The van der Waals surface area contributed by atoms with Gasteiger partial charge in [0.25, 0.3) is 0 Å². The van der Waals surface area contributed by atoms with E-state index in [1.807, 2.05) is 0 Å². The topological polar surface area (TPSA) is 35.5 Å². The van der Waals surface area contributed by atoms with Crippen LogP contribution in [0, 0.1) is 11.8 Å². The summed E-state index contributed by atoms with van der Waals surface area (Å²) in [6.07, 6.45) is 0. The Kier molecular flexibility index (Phi) is 3.80. The Labute approximate surface area is 66.7 Å². The van der Waals surface area contributed by atoms with Gasteiger partial charge < -0.3 is 9.47 Å². The van der Waals surface area contributed by atoms with Gasteiger partial charge in [-0.2, -0.15) is 0 Å². The molecule has 11 heavy (non-hydrogen) atoms. The second-order valence-corrected chi connectivity index (χ2v) is 2.16. The lowest BCUT2D eigenvalue weighted by Crippen LogP contribution is -2.27. The van der Waals surface area contributed by atoms with Gasteiger partial charge in [0.05, 0.1) is 0 Å². The van der Waals surface area contributed by atoms with Crippen LogP contribution in [-0.2, 0) is 14.3 Å². The zero-order valence-corrected chi connectivity index (χ0v) is 7.22. The zero-order chi connectivity index (χ0) is 8.91. The molecule has 0 N–H and O–H groups in total. The van der Waals surface area contributed by atoms with E-state index in [0.717, 1.165) is 0 Å². The smallest absolute Gasteiger partial charge is 0.230 e. The molecule has 0 saturated heterocycles.